The Kier molecular flexibility index (Phi) is 5.34. The van der Waals surface area contributed by atoms with Gasteiger partial charge in [0.05, 0.1) is 11.6 Å². The second kappa shape index (κ2) is 8.08. The van der Waals surface area contributed by atoms with Crippen LogP contribution in [0, 0.1) is 6.92 Å². The number of rotatable bonds is 5. The molecule has 1 aliphatic heterocycles. The van der Waals surface area contributed by atoms with E-state index in [1.54, 1.807) is 6.07 Å². The monoisotopic (exact) mass is 386 g/mol. The number of amides is 1. The lowest BCUT2D eigenvalue weighted by atomic mass is 9.99. The van der Waals surface area contributed by atoms with Gasteiger partial charge in [0.15, 0.2) is 5.43 Å². The number of hydrogen-bond donors (Lipinski definition) is 1. The summed E-state index contributed by atoms with van der Waals surface area (Å²) in [5, 5.41) is 0.660. The number of fused-ring (bicyclic) bond motifs is 1. The Hall–Kier alpha value is -3.14. The number of unbranched alkanes of at least 4 members (excludes halogenated alkanes) is 1. The third-order valence-corrected chi connectivity index (χ3v) is 5.60. The number of hydrogen-bond acceptors (Lipinski definition) is 2. The molecular weight excluding hydrogens is 360 g/mol. The molecule has 4 nitrogen and oxygen atoms in total. The first-order valence-corrected chi connectivity index (χ1v) is 10.3. The van der Waals surface area contributed by atoms with Crippen LogP contribution in [0.1, 0.15) is 42.2 Å². The average molecular weight is 386 g/mol. The molecule has 0 aliphatic carbocycles. The van der Waals surface area contributed by atoms with Crippen molar-refractivity contribution in [3.05, 3.63) is 82.2 Å². The van der Waals surface area contributed by atoms with Gasteiger partial charge in [-0.05, 0) is 37.1 Å². The van der Waals surface area contributed by atoms with E-state index in [4.69, 9.17) is 0 Å². The second-order valence-corrected chi connectivity index (χ2v) is 7.72. The van der Waals surface area contributed by atoms with Gasteiger partial charge in [0, 0.05) is 34.8 Å². The summed E-state index contributed by atoms with van der Waals surface area (Å²) < 4.78 is 0. The minimum Gasteiger partial charge on any atom is -0.358 e. The van der Waals surface area contributed by atoms with Crippen molar-refractivity contribution in [1.82, 2.24) is 9.88 Å². The molecule has 1 aliphatic rings. The van der Waals surface area contributed by atoms with Crippen LogP contribution in [0.2, 0.25) is 0 Å². The number of benzene rings is 2. The normalized spacial score (nSPS) is 15.9. The van der Waals surface area contributed by atoms with Gasteiger partial charge < -0.3 is 9.88 Å². The molecule has 0 fully saturated rings. The largest absolute Gasteiger partial charge is 0.358 e. The van der Waals surface area contributed by atoms with Crippen molar-refractivity contribution < 1.29 is 4.79 Å². The molecule has 0 radical (unpaired) electrons. The van der Waals surface area contributed by atoms with Crippen molar-refractivity contribution >= 4 is 16.8 Å². The second-order valence-electron chi connectivity index (χ2n) is 7.72. The molecule has 1 aromatic heterocycles. The van der Waals surface area contributed by atoms with Crippen LogP contribution in [0.15, 0.2) is 65.5 Å². The SMILES string of the molecule is CCCCC1C=CCN1C(=O)c1cccc(-c2cccc3c(=O)cc(C)[nH]c23)c1. The third-order valence-electron chi connectivity index (χ3n) is 5.60. The molecule has 0 spiro atoms. The number of carbonyl (C=O) groups is 1. The first-order chi connectivity index (χ1) is 14.1. The minimum atomic E-state index is 0.00670. The maximum absolute atomic E-state index is 13.2. The number of aromatic nitrogens is 1. The molecule has 2 heterocycles. The molecule has 4 heteroatoms. The lowest BCUT2D eigenvalue weighted by molar-refractivity contribution is 0.0743. The zero-order chi connectivity index (χ0) is 20.4. The molecule has 148 valence electrons. The van der Waals surface area contributed by atoms with Crippen molar-refractivity contribution in [2.24, 2.45) is 0 Å². The molecule has 1 N–H and O–H groups in total. The fourth-order valence-electron chi connectivity index (χ4n) is 4.10. The van der Waals surface area contributed by atoms with E-state index in [9.17, 15) is 9.59 Å². The lowest BCUT2D eigenvalue weighted by Crippen LogP contribution is -2.36. The van der Waals surface area contributed by atoms with E-state index in [-0.39, 0.29) is 17.4 Å². The van der Waals surface area contributed by atoms with E-state index in [1.807, 2.05) is 54.3 Å². The van der Waals surface area contributed by atoms with Gasteiger partial charge in [-0.2, -0.15) is 0 Å². The van der Waals surface area contributed by atoms with Crippen LogP contribution in [0.4, 0.5) is 0 Å². The number of carbonyl (C=O) groups excluding carboxylic acids is 1. The van der Waals surface area contributed by atoms with E-state index in [0.717, 1.165) is 41.6 Å². The zero-order valence-corrected chi connectivity index (χ0v) is 16.9. The summed E-state index contributed by atoms with van der Waals surface area (Å²) in [5.74, 6) is 0.0582. The predicted molar refractivity (Wildman–Crippen MR) is 118 cm³/mol. The molecule has 3 aromatic rings. The van der Waals surface area contributed by atoms with Gasteiger partial charge in [-0.1, -0.05) is 56.2 Å². The van der Waals surface area contributed by atoms with Gasteiger partial charge in [0.1, 0.15) is 0 Å². The van der Waals surface area contributed by atoms with Crippen molar-refractivity contribution in [3.8, 4) is 11.1 Å². The molecule has 4 rings (SSSR count). The van der Waals surface area contributed by atoms with E-state index < -0.39 is 0 Å². The average Bonchev–Trinajstić information content (AvgIpc) is 3.20. The number of aryl methyl sites for hydroxylation is 1. The summed E-state index contributed by atoms with van der Waals surface area (Å²) >= 11 is 0. The van der Waals surface area contributed by atoms with Crippen LogP contribution in [-0.4, -0.2) is 28.4 Å². The van der Waals surface area contributed by atoms with Crippen molar-refractivity contribution in [1.29, 1.82) is 0 Å². The number of aromatic amines is 1. The highest BCUT2D eigenvalue weighted by Gasteiger charge is 2.25. The van der Waals surface area contributed by atoms with Gasteiger partial charge in [-0.15, -0.1) is 0 Å². The van der Waals surface area contributed by atoms with Crippen LogP contribution in [0.3, 0.4) is 0 Å². The molecule has 0 bridgehead atoms. The lowest BCUT2D eigenvalue weighted by Gasteiger charge is -2.25. The number of pyridine rings is 1. The first-order valence-electron chi connectivity index (χ1n) is 10.3. The van der Waals surface area contributed by atoms with Crippen LogP contribution >= 0.6 is 0 Å². The fourth-order valence-corrected chi connectivity index (χ4v) is 4.10. The number of H-pyrrole nitrogens is 1. The molecular formula is C25H26N2O2. The van der Waals surface area contributed by atoms with Crippen molar-refractivity contribution in [2.75, 3.05) is 6.54 Å². The summed E-state index contributed by atoms with van der Waals surface area (Å²) in [4.78, 5) is 30.8. The highest BCUT2D eigenvalue weighted by molar-refractivity contribution is 5.98. The third kappa shape index (κ3) is 3.75. The van der Waals surface area contributed by atoms with E-state index in [1.165, 1.54) is 0 Å². The quantitative estimate of drug-likeness (QED) is 0.622. The number of nitrogens with one attached hydrogen (secondary N) is 1. The molecule has 0 saturated carbocycles. The van der Waals surface area contributed by atoms with Gasteiger partial charge in [-0.25, -0.2) is 0 Å². The fraction of sp³-hybridized carbons (Fsp3) is 0.280. The molecule has 2 aromatic carbocycles. The summed E-state index contributed by atoms with van der Waals surface area (Å²) in [6.45, 7) is 4.72. The maximum Gasteiger partial charge on any atom is 0.254 e. The Bertz CT molecular complexity index is 1140. The topological polar surface area (TPSA) is 53.2 Å². The number of nitrogens with zero attached hydrogens (tertiary/aromatic N) is 1. The summed E-state index contributed by atoms with van der Waals surface area (Å²) in [6, 6.07) is 15.2. The van der Waals surface area contributed by atoms with E-state index in [2.05, 4.69) is 24.1 Å². The highest BCUT2D eigenvalue weighted by Crippen LogP contribution is 2.28. The first kappa shape index (κ1) is 19.2. The van der Waals surface area contributed by atoms with Gasteiger partial charge in [-0.3, -0.25) is 9.59 Å². The van der Waals surface area contributed by atoms with Crippen LogP contribution < -0.4 is 5.43 Å². The highest BCUT2D eigenvalue weighted by atomic mass is 16.2. The Balaban J connectivity index is 1.71. The van der Waals surface area contributed by atoms with Gasteiger partial charge in [0.25, 0.3) is 5.91 Å². The zero-order valence-electron chi connectivity index (χ0n) is 16.9. The molecule has 1 atom stereocenters. The number of para-hydroxylation sites is 1. The molecule has 1 amide bonds. The van der Waals surface area contributed by atoms with Crippen LogP contribution in [-0.2, 0) is 0 Å². The summed E-state index contributed by atoms with van der Waals surface area (Å²) in [5.41, 5.74) is 4.18. The summed E-state index contributed by atoms with van der Waals surface area (Å²) in [7, 11) is 0. The Morgan fingerprint density at radius 1 is 1.17 bits per heavy atom. The van der Waals surface area contributed by atoms with Gasteiger partial charge >= 0.3 is 0 Å². The van der Waals surface area contributed by atoms with Crippen LogP contribution in [0.5, 0.6) is 0 Å². The van der Waals surface area contributed by atoms with E-state index in [0.29, 0.717) is 17.5 Å². The maximum atomic E-state index is 13.2. The minimum absolute atomic E-state index is 0.00670. The summed E-state index contributed by atoms with van der Waals surface area (Å²) in [6.07, 6.45) is 7.47. The molecule has 29 heavy (non-hydrogen) atoms. The standard InChI is InChI=1S/C25H26N2O2/c1-3-4-10-20-11-7-14-27(20)25(29)19-9-5-8-18(16-19)21-12-6-13-22-23(28)15-17(2)26-24(21)22/h5-9,11-13,15-16,20H,3-4,10,14H2,1-2H3,(H,26,28). The Morgan fingerprint density at radius 3 is 2.83 bits per heavy atom. The van der Waals surface area contributed by atoms with Crippen LogP contribution in [0.25, 0.3) is 22.0 Å². The van der Waals surface area contributed by atoms with Gasteiger partial charge in [0.2, 0.25) is 0 Å². The smallest absolute Gasteiger partial charge is 0.254 e. The molecule has 1 unspecified atom stereocenters. The predicted octanol–water partition coefficient (Wildman–Crippen LogP) is 5.07. The Labute approximate surface area is 170 Å². The van der Waals surface area contributed by atoms with E-state index >= 15 is 0 Å². The molecule has 0 saturated heterocycles. The Morgan fingerprint density at radius 2 is 2.00 bits per heavy atom. The van der Waals surface area contributed by atoms with Crippen molar-refractivity contribution in [2.45, 2.75) is 39.2 Å². The van der Waals surface area contributed by atoms with Crippen molar-refractivity contribution in [3.63, 3.8) is 0 Å².